The molecule has 0 bridgehead atoms. The summed E-state index contributed by atoms with van der Waals surface area (Å²) >= 11 is 0. The van der Waals surface area contributed by atoms with E-state index in [1.54, 1.807) is 0 Å². The van der Waals surface area contributed by atoms with Gasteiger partial charge in [0.2, 0.25) is 0 Å². The number of hydrogen-bond acceptors (Lipinski definition) is 2. The molecule has 0 atom stereocenters. The van der Waals surface area contributed by atoms with E-state index >= 15 is 0 Å². The highest BCUT2D eigenvalue weighted by Crippen LogP contribution is 2.19. The fourth-order valence-corrected chi connectivity index (χ4v) is 3.04. The molecular weight excluding hydrogens is 264 g/mol. The Morgan fingerprint density at radius 2 is 0.857 bits per heavy atom. The van der Waals surface area contributed by atoms with Crippen LogP contribution in [-0.2, 0) is 9.59 Å². The molecule has 0 spiro atoms. The molecule has 2 fully saturated rings. The third kappa shape index (κ3) is 6.96. The maximum atomic E-state index is 11.9. The van der Waals surface area contributed by atoms with Crippen LogP contribution in [0.2, 0.25) is 0 Å². The van der Waals surface area contributed by atoms with E-state index in [0.717, 1.165) is 38.5 Å². The van der Waals surface area contributed by atoms with Gasteiger partial charge in [0.15, 0.2) is 0 Å². The second kappa shape index (κ2) is 9.06. The van der Waals surface area contributed by atoms with Crippen molar-refractivity contribution in [2.75, 3.05) is 0 Å². The molecule has 2 N–H and O–H groups in total. The molecule has 0 aliphatic heterocycles. The number of nitrogens with one attached hydrogen (secondary N) is 2. The Hall–Kier alpha value is -1.06. The summed E-state index contributed by atoms with van der Waals surface area (Å²) in [6.07, 6.45) is 15.6. The van der Waals surface area contributed by atoms with Crippen molar-refractivity contribution < 1.29 is 9.59 Å². The lowest BCUT2D eigenvalue weighted by molar-refractivity contribution is -0.139. The fraction of sp³-hybridized carbons (Fsp3) is 0.882. The average molecular weight is 294 g/mol. The molecule has 2 rings (SSSR count). The lowest BCUT2D eigenvalue weighted by atomic mass is 9.98. The van der Waals surface area contributed by atoms with Crippen LogP contribution in [0.3, 0.4) is 0 Å². The van der Waals surface area contributed by atoms with Gasteiger partial charge in [0.1, 0.15) is 0 Å². The van der Waals surface area contributed by atoms with Crippen molar-refractivity contribution >= 4 is 11.8 Å². The number of rotatable bonds is 2. The predicted octanol–water partition coefficient (Wildman–Crippen LogP) is 3.05. The van der Waals surface area contributed by atoms with E-state index < -0.39 is 11.8 Å². The van der Waals surface area contributed by atoms with Crippen LogP contribution in [0.15, 0.2) is 0 Å². The highest BCUT2D eigenvalue weighted by atomic mass is 16.2. The van der Waals surface area contributed by atoms with Crippen LogP contribution >= 0.6 is 0 Å². The average Bonchev–Trinajstić information content (AvgIpc) is 3.25. The molecule has 0 heterocycles. The maximum absolute atomic E-state index is 11.9. The van der Waals surface area contributed by atoms with E-state index in [-0.39, 0.29) is 12.1 Å². The molecule has 120 valence electrons. The van der Waals surface area contributed by atoms with Crippen molar-refractivity contribution in [3.05, 3.63) is 0 Å². The van der Waals surface area contributed by atoms with Crippen molar-refractivity contribution in [3.63, 3.8) is 0 Å². The van der Waals surface area contributed by atoms with Gasteiger partial charge in [0.25, 0.3) is 0 Å². The van der Waals surface area contributed by atoms with E-state index in [4.69, 9.17) is 0 Å². The van der Waals surface area contributed by atoms with E-state index in [1.807, 2.05) is 0 Å². The zero-order valence-electron chi connectivity index (χ0n) is 13.2. The Bertz CT molecular complexity index is 328. The Morgan fingerprint density at radius 3 is 1.24 bits per heavy atom. The van der Waals surface area contributed by atoms with Crippen LogP contribution in [-0.4, -0.2) is 23.9 Å². The molecular formula is C17H30N2O2. The quantitative estimate of drug-likeness (QED) is 0.769. The summed E-state index contributed by atoms with van der Waals surface area (Å²) < 4.78 is 0. The maximum Gasteiger partial charge on any atom is 0.309 e. The summed E-state index contributed by atoms with van der Waals surface area (Å²) in [5.41, 5.74) is 0. The molecule has 0 aromatic rings. The molecule has 2 saturated carbocycles. The van der Waals surface area contributed by atoms with E-state index in [2.05, 4.69) is 10.6 Å². The van der Waals surface area contributed by atoms with Crippen LogP contribution < -0.4 is 10.6 Å². The summed E-state index contributed by atoms with van der Waals surface area (Å²) in [6, 6.07) is 0.432. The number of hydrogen-bond donors (Lipinski definition) is 2. The Balaban J connectivity index is 1.73. The smallest absolute Gasteiger partial charge is 0.309 e. The van der Waals surface area contributed by atoms with Crippen LogP contribution in [0.25, 0.3) is 0 Å². The number of carbonyl (C=O) groups excluding carboxylic acids is 2. The van der Waals surface area contributed by atoms with Gasteiger partial charge in [-0.15, -0.1) is 0 Å². The van der Waals surface area contributed by atoms with E-state index in [0.29, 0.717) is 0 Å². The van der Waals surface area contributed by atoms with Gasteiger partial charge in [0.05, 0.1) is 0 Å². The van der Waals surface area contributed by atoms with Gasteiger partial charge < -0.3 is 10.6 Å². The van der Waals surface area contributed by atoms with Crippen LogP contribution in [0.1, 0.15) is 83.5 Å². The minimum atomic E-state index is -0.441. The molecule has 4 heteroatoms. The SMILES string of the molecule is O=C(NC1CCCCCCCCCCC1)C(=O)NC1CC1. The van der Waals surface area contributed by atoms with Gasteiger partial charge in [-0.2, -0.15) is 0 Å². The first kappa shape index (κ1) is 16.3. The Labute approximate surface area is 128 Å². The molecule has 4 nitrogen and oxygen atoms in total. The predicted molar refractivity (Wildman–Crippen MR) is 83.9 cm³/mol. The summed E-state index contributed by atoms with van der Waals surface area (Å²) in [6.45, 7) is 0. The van der Waals surface area contributed by atoms with E-state index in [1.165, 1.54) is 44.9 Å². The van der Waals surface area contributed by atoms with Gasteiger partial charge in [-0.05, 0) is 25.7 Å². The van der Waals surface area contributed by atoms with Crippen LogP contribution in [0.5, 0.6) is 0 Å². The fourth-order valence-electron chi connectivity index (χ4n) is 3.04. The second-order valence-electron chi connectivity index (χ2n) is 6.68. The molecule has 21 heavy (non-hydrogen) atoms. The van der Waals surface area contributed by atoms with Crippen molar-refractivity contribution in [1.29, 1.82) is 0 Å². The van der Waals surface area contributed by atoms with Crippen molar-refractivity contribution in [2.45, 2.75) is 95.6 Å². The topological polar surface area (TPSA) is 58.2 Å². The van der Waals surface area contributed by atoms with Gasteiger partial charge in [-0.3, -0.25) is 9.59 Å². The van der Waals surface area contributed by atoms with Crippen LogP contribution in [0.4, 0.5) is 0 Å². The van der Waals surface area contributed by atoms with Gasteiger partial charge in [-0.1, -0.05) is 57.8 Å². The Morgan fingerprint density at radius 1 is 0.524 bits per heavy atom. The third-order valence-corrected chi connectivity index (χ3v) is 4.56. The first-order valence-electron chi connectivity index (χ1n) is 8.87. The van der Waals surface area contributed by atoms with Gasteiger partial charge >= 0.3 is 11.8 Å². The van der Waals surface area contributed by atoms with Crippen molar-refractivity contribution in [1.82, 2.24) is 10.6 Å². The normalized spacial score (nSPS) is 22.7. The first-order chi connectivity index (χ1) is 10.3. The van der Waals surface area contributed by atoms with Crippen molar-refractivity contribution in [2.24, 2.45) is 0 Å². The summed E-state index contributed by atoms with van der Waals surface area (Å²) in [5.74, 6) is -0.873. The molecule has 0 unspecified atom stereocenters. The second-order valence-corrected chi connectivity index (χ2v) is 6.68. The van der Waals surface area contributed by atoms with Gasteiger partial charge in [-0.25, -0.2) is 0 Å². The standard InChI is InChI=1S/C17H30N2O2/c20-16(17(21)19-15-12-13-15)18-14-10-8-6-4-2-1-3-5-7-9-11-14/h14-15H,1-13H2,(H,18,20)(H,19,21). The molecule has 0 radical (unpaired) electrons. The minimum absolute atomic E-state index is 0.182. The third-order valence-electron chi connectivity index (χ3n) is 4.56. The zero-order valence-corrected chi connectivity index (χ0v) is 13.2. The molecule has 0 aromatic heterocycles. The zero-order chi connectivity index (χ0) is 14.9. The van der Waals surface area contributed by atoms with Crippen LogP contribution in [0, 0.1) is 0 Å². The van der Waals surface area contributed by atoms with Crippen molar-refractivity contribution in [3.8, 4) is 0 Å². The lowest BCUT2D eigenvalue weighted by Gasteiger charge is -2.19. The number of carbonyl (C=O) groups is 2. The van der Waals surface area contributed by atoms with Gasteiger partial charge in [0, 0.05) is 12.1 Å². The molecule has 2 aliphatic carbocycles. The summed E-state index contributed by atoms with van der Waals surface area (Å²) in [5, 5.41) is 5.71. The monoisotopic (exact) mass is 294 g/mol. The molecule has 2 aliphatic rings. The summed E-state index contributed by atoms with van der Waals surface area (Å²) in [7, 11) is 0. The van der Waals surface area contributed by atoms with E-state index in [9.17, 15) is 9.59 Å². The first-order valence-corrected chi connectivity index (χ1v) is 8.87. The molecule has 2 amide bonds. The highest BCUT2D eigenvalue weighted by molar-refractivity contribution is 6.35. The molecule has 0 aromatic carbocycles. The largest absolute Gasteiger partial charge is 0.345 e. The lowest BCUT2D eigenvalue weighted by Crippen LogP contribution is -2.45. The number of amides is 2. The highest BCUT2D eigenvalue weighted by Gasteiger charge is 2.27. The Kier molecular flexibility index (Phi) is 7.04. The minimum Gasteiger partial charge on any atom is -0.345 e. The summed E-state index contributed by atoms with van der Waals surface area (Å²) in [4.78, 5) is 23.6. The molecule has 0 saturated heterocycles.